The van der Waals surface area contributed by atoms with Crippen LogP contribution in [0.15, 0.2) is 24.3 Å². The van der Waals surface area contributed by atoms with Gasteiger partial charge in [0.25, 0.3) is 0 Å². The smallest absolute Gasteiger partial charge is 0.224 e. The van der Waals surface area contributed by atoms with Gasteiger partial charge in [-0.2, -0.15) is 5.10 Å². The highest BCUT2D eigenvalue weighted by atomic mass is 32.1. The Morgan fingerprint density at radius 1 is 1.24 bits per heavy atom. The van der Waals surface area contributed by atoms with Crippen molar-refractivity contribution in [3.8, 4) is 11.4 Å². The fourth-order valence-electron chi connectivity index (χ4n) is 4.25. The number of rotatable bonds is 4. The second-order valence-electron chi connectivity index (χ2n) is 7.37. The molecule has 1 saturated heterocycles. The third kappa shape index (κ3) is 3.27. The molecule has 4 rings (SSSR count). The van der Waals surface area contributed by atoms with E-state index in [9.17, 15) is 4.79 Å². The number of nitrogens with one attached hydrogen (secondary N) is 1. The molecule has 1 saturated carbocycles. The molecule has 1 aromatic heterocycles. The van der Waals surface area contributed by atoms with E-state index in [1.54, 1.807) is 0 Å². The number of carbonyl (C=O) groups is 1. The summed E-state index contributed by atoms with van der Waals surface area (Å²) >= 11 is 5.37. The second-order valence-corrected chi connectivity index (χ2v) is 7.76. The Labute approximate surface area is 153 Å². The average molecular weight is 356 g/mol. The third-order valence-corrected chi connectivity index (χ3v) is 6.01. The summed E-state index contributed by atoms with van der Waals surface area (Å²) in [5.41, 5.74) is 2.22. The lowest BCUT2D eigenvalue weighted by atomic mass is 10.0. The zero-order chi connectivity index (χ0) is 17.4. The zero-order valence-electron chi connectivity index (χ0n) is 14.6. The number of benzene rings is 1. The number of fused-ring (bicyclic) bond motifs is 1. The second kappa shape index (κ2) is 6.75. The molecule has 25 heavy (non-hydrogen) atoms. The van der Waals surface area contributed by atoms with Crippen LogP contribution in [0.1, 0.15) is 31.2 Å². The SMILES string of the molecule is Cc1ccc(-c2n[nH]c(=S)n2CCC(=O)N2C[C@H]3CCC[C@H]3C2)cc1. The summed E-state index contributed by atoms with van der Waals surface area (Å²) in [5, 5.41) is 7.23. The van der Waals surface area contributed by atoms with Gasteiger partial charge in [0.2, 0.25) is 5.91 Å². The lowest BCUT2D eigenvalue weighted by Gasteiger charge is -2.17. The molecule has 1 amide bonds. The van der Waals surface area contributed by atoms with Crippen molar-refractivity contribution in [1.82, 2.24) is 19.7 Å². The average Bonchev–Trinajstić information content (AvgIpc) is 3.28. The molecule has 0 radical (unpaired) electrons. The molecule has 2 aromatic rings. The number of H-pyrrole nitrogens is 1. The minimum absolute atomic E-state index is 0.243. The van der Waals surface area contributed by atoms with E-state index >= 15 is 0 Å². The topological polar surface area (TPSA) is 53.9 Å². The summed E-state index contributed by atoms with van der Waals surface area (Å²) in [6.07, 6.45) is 4.39. The largest absolute Gasteiger partial charge is 0.342 e. The van der Waals surface area contributed by atoms with Crippen LogP contribution in [0.25, 0.3) is 11.4 Å². The first-order valence-corrected chi connectivity index (χ1v) is 9.52. The fraction of sp³-hybridized carbons (Fsp3) is 0.526. The molecule has 6 heteroatoms. The molecule has 1 aliphatic heterocycles. The molecule has 2 fully saturated rings. The number of aryl methyl sites for hydroxylation is 1. The molecule has 0 unspecified atom stereocenters. The van der Waals surface area contributed by atoms with Crippen LogP contribution in [0.2, 0.25) is 0 Å². The van der Waals surface area contributed by atoms with Crippen molar-refractivity contribution in [2.75, 3.05) is 13.1 Å². The highest BCUT2D eigenvalue weighted by Crippen LogP contribution is 2.37. The first-order valence-electron chi connectivity index (χ1n) is 9.12. The predicted molar refractivity (Wildman–Crippen MR) is 99.6 cm³/mol. The molecule has 1 N–H and O–H groups in total. The summed E-state index contributed by atoms with van der Waals surface area (Å²) in [5.74, 6) is 2.52. The predicted octanol–water partition coefficient (Wildman–Crippen LogP) is 3.56. The van der Waals surface area contributed by atoms with Gasteiger partial charge in [0.05, 0.1) is 0 Å². The summed E-state index contributed by atoms with van der Waals surface area (Å²) in [6, 6.07) is 8.21. The van der Waals surface area contributed by atoms with E-state index in [-0.39, 0.29) is 5.91 Å². The van der Waals surface area contributed by atoms with Crippen LogP contribution in [0.5, 0.6) is 0 Å². The van der Waals surface area contributed by atoms with Crippen molar-refractivity contribution in [2.24, 2.45) is 11.8 Å². The number of aromatic nitrogens is 3. The molecule has 2 aliphatic rings. The van der Waals surface area contributed by atoms with Gasteiger partial charge in [-0.15, -0.1) is 0 Å². The normalized spacial score (nSPS) is 22.4. The third-order valence-electron chi connectivity index (χ3n) is 5.70. The summed E-state index contributed by atoms with van der Waals surface area (Å²) in [7, 11) is 0. The maximum atomic E-state index is 12.6. The van der Waals surface area contributed by atoms with Crippen LogP contribution in [0, 0.1) is 23.5 Å². The van der Waals surface area contributed by atoms with Gasteiger partial charge in [-0.25, -0.2) is 0 Å². The molecule has 0 spiro atoms. The molecule has 1 aromatic carbocycles. The van der Waals surface area contributed by atoms with Crippen molar-refractivity contribution in [3.63, 3.8) is 0 Å². The van der Waals surface area contributed by atoms with Crippen LogP contribution in [-0.2, 0) is 11.3 Å². The molecule has 2 atom stereocenters. The molecule has 5 nitrogen and oxygen atoms in total. The molecular weight excluding hydrogens is 332 g/mol. The van der Waals surface area contributed by atoms with E-state index in [0.717, 1.165) is 36.3 Å². The lowest BCUT2D eigenvalue weighted by molar-refractivity contribution is -0.130. The Hall–Kier alpha value is -1.95. The maximum Gasteiger partial charge on any atom is 0.224 e. The van der Waals surface area contributed by atoms with Crippen molar-refractivity contribution < 1.29 is 4.79 Å². The van der Waals surface area contributed by atoms with E-state index in [2.05, 4.69) is 34.2 Å². The van der Waals surface area contributed by atoms with Crippen LogP contribution >= 0.6 is 12.2 Å². The molecule has 1 aliphatic carbocycles. The van der Waals surface area contributed by atoms with E-state index in [1.807, 2.05) is 16.7 Å². The number of carbonyl (C=O) groups excluding carboxylic acids is 1. The quantitative estimate of drug-likeness (QED) is 0.852. The highest BCUT2D eigenvalue weighted by molar-refractivity contribution is 7.71. The van der Waals surface area contributed by atoms with Gasteiger partial charge in [0.15, 0.2) is 10.6 Å². The number of nitrogens with zero attached hydrogens (tertiary/aromatic N) is 3. The van der Waals surface area contributed by atoms with Crippen molar-refractivity contribution in [1.29, 1.82) is 0 Å². The number of hydrogen-bond donors (Lipinski definition) is 1. The number of amides is 1. The number of aromatic amines is 1. The van der Waals surface area contributed by atoms with Gasteiger partial charge in [0.1, 0.15) is 0 Å². The minimum atomic E-state index is 0.243. The van der Waals surface area contributed by atoms with Gasteiger partial charge in [-0.1, -0.05) is 36.2 Å². The monoisotopic (exact) mass is 356 g/mol. The van der Waals surface area contributed by atoms with Gasteiger partial charge < -0.3 is 4.90 Å². The Morgan fingerprint density at radius 2 is 1.92 bits per heavy atom. The Balaban J connectivity index is 1.44. The lowest BCUT2D eigenvalue weighted by Crippen LogP contribution is -2.30. The van der Waals surface area contributed by atoms with Crippen molar-refractivity contribution in [2.45, 2.75) is 39.2 Å². The van der Waals surface area contributed by atoms with Crippen LogP contribution in [0.4, 0.5) is 0 Å². The Kier molecular flexibility index (Phi) is 4.46. The Morgan fingerprint density at radius 3 is 2.60 bits per heavy atom. The number of likely N-dealkylation sites (tertiary alicyclic amines) is 1. The van der Waals surface area contributed by atoms with E-state index < -0.39 is 0 Å². The summed E-state index contributed by atoms with van der Waals surface area (Å²) < 4.78 is 2.51. The van der Waals surface area contributed by atoms with E-state index in [4.69, 9.17) is 12.2 Å². The minimum Gasteiger partial charge on any atom is -0.342 e. The molecule has 132 valence electrons. The van der Waals surface area contributed by atoms with Gasteiger partial charge in [-0.05, 0) is 43.8 Å². The van der Waals surface area contributed by atoms with E-state index in [0.29, 0.717) is 17.7 Å². The van der Waals surface area contributed by atoms with Gasteiger partial charge in [-0.3, -0.25) is 14.5 Å². The molecular formula is C19H24N4OS. The Bertz CT molecular complexity index is 811. The van der Waals surface area contributed by atoms with Crippen LogP contribution < -0.4 is 0 Å². The maximum absolute atomic E-state index is 12.6. The zero-order valence-corrected chi connectivity index (χ0v) is 15.4. The molecule has 0 bridgehead atoms. The fourth-order valence-corrected chi connectivity index (χ4v) is 4.48. The standard InChI is InChI=1S/C19H24N4OS/c1-13-5-7-14(8-6-13)18-20-21-19(25)23(18)10-9-17(24)22-11-15-3-2-4-16(15)12-22/h5-8,15-16H,2-4,9-12H2,1H3,(H,21,25)/t15-,16+. The number of hydrogen-bond acceptors (Lipinski definition) is 3. The summed E-state index contributed by atoms with van der Waals surface area (Å²) in [4.78, 5) is 14.7. The first-order chi connectivity index (χ1) is 12.1. The first kappa shape index (κ1) is 16.5. The highest BCUT2D eigenvalue weighted by Gasteiger charge is 2.37. The van der Waals surface area contributed by atoms with Crippen LogP contribution in [0.3, 0.4) is 0 Å². The summed E-state index contributed by atoms with van der Waals surface area (Å²) in [6.45, 7) is 4.53. The molecule has 2 heterocycles. The van der Waals surface area contributed by atoms with Crippen molar-refractivity contribution in [3.05, 3.63) is 34.6 Å². The van der Waals surface area contributed by atoms with Gasteiger partial charge in [0, 0.05) is 31.6 Å². The van der Waals surface area contributed by atoms with Gasteiger partial charge >= 0.3 is 0 Å². The van der Waals surface area contributed by atoms with Crippen LogP contribution in [-0.4, -0.2) is 38.7 Å². The van der Waals surface area contributed by atoms with Crippen molar-refractivity contribution >= 4 is 18.1 Å². The van der Waals surface area contributed by atoms with E-state index in [1.165, 1.54) is 24.8 Å².